The maximum Gasteiger partial charge on any atom is 0.248 e. The first kappa shape index (κ1) is 17.0. The second-order valence-corrected chi connectivity index (χ2v) is 5.61. The van der Waals surface area contributed by atoms with Crippen LogP contribution in [0.2, 0.25) is 0 Å². The molecule has 2 aromatic rings. The highest BCUT2D eigenvalue weighted by Gasteiger charge is 2.40. The summed E-state index contributed by atoms with van der Waals surface area (Å²) in [5.41, 5.74) is 1.56. The summed E-state index contributed by atoms with van der Waals surface area (Å²) in [5.74, 6) is 0.794. The molecule has 0 radical (unpaired) electrons. The Morgan fingerprint density at radius 3 is 2.57 bits per heavy atom. The summed E-state index contributed by atoms with van der Waals surface area (Å²) in [5, 5.41) is 0. The number of rotatable bonds is 2. The molecule has 0 saturated heterocycles. The minimum absolute atomic E-state index is 0.0493. The number of Topliss-reactive ketones (excluding diaryl/α,β-unsaturated/α-hetero) is 1. The first-order valence-corrected chi connectivity index (χ1v) is 7.96. The van der Waals surface area contributed by atoms with Gasteiger partial charge < -0.3 is 9.72 Å². The third kappa shape index (κ3) is 3.07. The van der Waals surface area contributed by atoms with E-state index < -0.39 is 5.41 Å². The van der Waals surface area contributed by atoms with Gasteiger partial charge in [0.25, 0.3) is 0 Å². The van der Waals surface area contributed by atoms with Gasteiger partial charge in [-0.05, 0) is 43.5 Å². The molecule has 4 heteroatoms. The van der Waals surface area contributed by atoms with Crippen LogP contribution in [0, 0.1) is 0 Å². The van der Waals surface area contributed by atoms with Gasteiger partial charge in [0.1, 0.15) is 5.75 Å². The summed E-state index contributed by atoms with van der Waals surface area (Å²) >= 11 is 0. The van der Waals surface area contributed by atoms with Crippen LogP contribution >= 0.6 is 0 Å². The molecule has 0 aliphatic heterocycles. The molecule has 1 aromatic carbocycles. The van der Waals surface area contributed by atoms with Crippen molar-refractivity contribution in [3.63, 3.8) is 0 Å². The molecular formula is C19H23NO3. The number of carbonyl (C=O) groups excluding carboxylic acids is 1. The van der Waals surface area contributed by atoms with Gasteiger partial charge in [0.05, 0.1) is 12.5 Å². The third-order valence-electron chi connectivity index (χ3n) is 4.33. The van der Waals surface area contributed by atoms with E-state index in [-0.39, 0.29) is 11.3 Å². The van der Waals surface area contributed by atoms with Crippen LogP contribution in [0.4, 0.5) is 0 Å². The van der Waals surface area contributed by atoms with E-state index >= 15 is 0 Å². The lowest BCUT2D eigenvalue weighted by atomic mass is 9.69. The van der Waals surface area contributed by atoms with E-state index in [2.05, 4.69) is 4.98 Å². The van der Waals surface area contributed by atoms with Gasteiger partial charge in [0, 0.05) is 17.3 Å². The van der Waals surface area contributed by atoms with Crippen LogP contribution in [0.1, 0.15) is 48.8 Å². The summed E-state index contributed by atoms with van der Waals surface area (Å²) in [6, 6.07) is 10.7. The average molecular weight is 313 g/mol. The molecule has 1 aromatic heterocycles. The van der Waals surface area contributed by atoms with Gasteiger partial charge in [-0.15, -0.1) is 0 Å². The SMILES string of the molecule is CC.COc1cccc(C2(C)CCc3[nH]c(=O)ccc3C2=O)c1. The number of aromatic amines is 1. The van der Waals surface area contributed by atoms with Crippen molar-refractivity contribution in [1.29, 1.82) is 0 Å². The van der Waals surface area contributed by atoms with Crippen molar-refractivity contribution in [1.82, 2.24) is 4.98 Å². The lowest BCUT2D eigenvalue weighted by Gasteiger charge is -2.33. The van der Waals surface area contributed by atoms with Crippen molar-refractivity contribution < 1.29 is 9.53 Å². The van der Waals surface area contributed by atoms with Crippen molar-refractivity contribution >= 4 is 5.78 Å². The number of hydrogen-bond acceptors (Lipinski definition) is 3. The molecule has 1 aliphatic carbocycles. The van der Waals surface area contributed by atoms with Gasteiger partial charge in [0.15, 0.2) is 5.78 Å². The molecule has 122 valence electrons. The summed E-state index contributed by atoms with van der Waals surface area (Å²) < 4.78 is 5.25. The lowest BCUT2D eigenvalue weighted by molar-refractivity contribution is 0.0874. The molecule has 1 N–H and O–H groups in total. The summed E-state index contributed by atoms with van der Waals surface area (Å²) in [4.78, 5) is 27.0. The Labute approximate surface area is 136 Å². The minimum atomic E-state index is -0.584. The Morgan fingerprint density at radius 2 is 1.87 bits per heavy atom. The predicted octanol–water partition coefficient (Wildman–Crippen LogP) is 3.50. The number of ketones is 1. The Hall–Kier alpha value is -2.36. The van der Waals surface area contributed by atoms with Crippen molar-refractivity contribution in [3.05, 3.63) is 63.6 Å². The van der Waals surface area contributed by atoms with Gasteiger partial charge in [-0.25, -0.2) is 0 Å². The smallest absolute Gasteiger partial charge is 0.248 e. The van der Waals surface area contributed by atoms with E-state index in [9.17, 15) is 9.59 Å². The van der Waals surface area contributed by atoms with E-state index in [4.69, 9.17) is 4.74 Å². The fourth-order valence-corrected chi connectivity index (χ4v) is 2.95. The van der Waals surface area contributed by atoms with E-state index in [0.717, 1.165) is 17.0 Å². The number of fused-ring (bicyclic) bond motifs is 1. The molecule has 1 atom stereocenters. The van der Waals surface area contributed by atoms with Crippen LogP contribution in [0.5, 0.6) is 5.75 Å². The van der Waals surface area contributed by atoms with Crippen molar-refractivity contribution in [3.8, 4) is 5.75 Å². The van der Waals surface area contributed by atoms with Crippen LogP contribution in [0.25, 0.3) is 0 Å². The molecule has 0 saturated carbocycles. The fourth-order valence-electron chi connectivity index (χ4n) is 2.95. The largest absolute Gasteiger partial charge is 0.497 e. The maximum absolute atomic E-state index is 12.9. The topological polar surface area (TPSA) is 59.2 Å². The summed E-state index contributed by atoms with van der Waals surface area (Å²) in [6.07, 6.45) is 1.36. The number of aromatic nitrogens is 1. The molecule has 1 aliphatic rings. The zero-order chi connectivity index (χ0) is 17.0. The average Bonchev–Trinajstić information content (AvgIpc) is 2.60. The highest BCUT2D eigenvalue weighted by atomic mass is 16.5. The number of methoxy groups -OCH3 is 1. The third-order valence-corrected chi connectivity index (χ3v) is 4.33. The molecule has 3 rings (SSSR count). The number of carbonyl (C=O) groups is 1. The van der Waals surface area contributed by atoms with Crippen LogP contribution in [-0.4, -0.2) is 17.9 Å². The number of benzene rings is 1. The predicted molar refractivity (Wildman–Crippen MR) is 91.4 cm³/mol. The Bertz CT molecular complexity index is 763. The van der Waals surface area contributed by atoms with Crippen LogP contribution in [0.15, 0.2) is 41.2 Å². The maximum atomic E-state index is 12.9. The number of hydrogen-bond donors (Lipinski definition) is 1. The minimum Gasteiger partial charge on any atom is -0.497 e. The van der Waals surface area contributed by atoms with Gasteiger partial charge in [-0.3, -0.25) is 9.59 Å². The standard InChI is InChI=1S/C17H17NO3.C2H6/c1-17(11-4-3-5-12(10-11)21-2)9-8-14-13(16(17)20)6-7-15(19)18-14;1-2/h3-7,10H,8-9H2,1-2H3,(H,18,19);1-2H3. The van der Waals surface area contributed by atoms with E-state index in [1.807, 2.05) is 45.0 Å². The molecule has 4 nitrogen and oxygen atoms in total. The monoisotopic (exact) mass is 313 g/mol. The van der Waals surface area contributed by atoms with E-state index in [1.165, 1.54) is 6.07 Å². The highest BCUT2D eigenvalue weighted by molar-refractivity contribution is 6.05. The zero-order valence-corrected chi connectivity index (χ0v) is 14.1. The molecule has 0 amide bonds. The number of nitrogens with one attached hydrogen (secondary N) is 1. The van der Waals surface area contributed by atoms with Crippen molar-refractivity contribution in [2.75, 3.05) is 7.11 Å². The van der Waals surface area contributed by atoms with Crippen molar-refractivity contribution in [2.24, 2.45) is 0 Å². The number of ether oxygens (including phenoxy) is 1. The fraction of sp³-hybridized carbons (Fsp3) is 0.368. The quantitative estimate of drug-likeness (QED) is 0.923. The Kier molecular flexibility index (Phi) is 5.04. The molecular weight excluding hydrogens is 290 g/mol. The molecule has 1 unspecified atom stereocenters. The molecule has 0 fully saturated rings. The Morgan fingerprint density at radius 1 is 1.13 bits per heavy atom. The molecule has 0 spiro atoms. The van der Waals surface area contributed by atoms with Crippen LogP contribution in [0.3, 0.4) is 0 Å². The summed E-state index contributed by atoms with van der Waals surface area (Å²) in [7, 11) is 1.62. The van der Waals surface area contributed by atoms with E-state index in [0.29, 0.717) is 18.4 Å². The van der Waals surface area contributed by atoms with Crippen LogP contribution < -0.4 is 10.3 Å². The molecule has 1 heterocycles. The Balaban J connectivity index is 0.000000924. The van der Waals surface area contributed by atoms with Crippen LogP contribution in [-0.2, 0) is 11.8 Å². The molecule has 23 heavy (non-hydrogen) atoms. The highest BCUT2D eigenvalue weighted by Crippen LogP contribution is 2.38. The van der Waals surface area contributed by atoms with Gasteiger partial charge in [0.2, 0.25) is 5.56 Å². The van der Waals surface area contributed by atoms with Gasteiger partial charge in [-0.2, -0.15) is 0 Å². The van der Waals surface area contributed by atoms with Gasteiger partial charge in [-0.1, -0.05) is 26.0 Å². The zero-order valence-electron chi connectivity index (χ0n) is 14.1. The first-order valence-electron chi connectivity index (χ1n) is 7.96. The lowest BCUT2D eigenvalue weighted by Crippen LogP contribution is -2.38. The number of pyridine rings is 1. The van der Waals surface area contributed by atoms with Gasteiger partial charge >= 0.3 is 0 Å². The second kappa shape index (κ2) is 6.82. The number of aryl methyl sites for hydroxylation is 1. The summed E-state index contributed by atoms with van der Waals surface area (Å²) in [6.45, 7) is 5.96. The number of H-pyrrole nitrogens is 1. The van der Waals surface area contributed by atoms with Crippen molar-refractivity contribution in [2.45, 2.75) is 39.0 Å². The normalized spacial score (nSPS) is 19.4. The second-order valence-electron chi connectivity index (χ2n) is 5.61. The van der Waals surface area contributed by atoms with E-state index in [1.54, 1.807) is 13.2 Å². The molecule has 0 bridgehead atoms. The first-order chi connectivity index (χ1) is 11.0.